The summed E-state index contributed by atoms with van der Waals surface area (Å²) in [6.45, 7) is 1.70. The van der Waals surface area contributed by atoms with Crippen LogP contribution in [0.15, 0.2) is 48.5 Å². The first-order valence-corrected chi connectivity index (χ1v) is 9.36. The molecule has 2 N–H and O–H groups in total. The highest BCUT2D eigenvalue weighted by atomic mass is 16.5. The summed E-state index contributed by atoms with van der Waals surface area (Å²) < 4.78 is 5.29. The average molecular weight is 364 g/mol. The van der Waals surface area contributed by atoms with Crippen molar-refractivity contribution < 1.29 is 9.53 Å². The number of H-pyrrole nitrogens is 1. The van der Waals surface area contributed by atoms with Crippen LogP contribution in [0.5, 0.6) is 5.75 Å². The Balaban J connectivity index is 1.39. The monoisotopic (exact) mass is 364 g/mol. The molecule has 6 nitrogen and oxygen atoms in total. The van der Waals surface area contributed by atoms with Crippen molar-refractivity contribution in [2.75, 3.05) is 25.5 Å². The van der Waals surface area contributed by atoms with Crippen LogP contribution in [0.3, 0.4) is 0 Å². The number of carbonyl (C=O) groups excluding carboxylic acids is 1. The number of anilines is 1. The second-order valence-electron chi connectivity index (χ2n) is 6.83. The Morgan fingerprint density at radius 3 is 2.93 bits per heavy atom. The average Bonchev–Trinajstić information content (AvgIpc) is 3.33. The number of nitrogens with one attached hydrogen (secondary N) is 2. The van der Waals surface area contributed by atoms with Gasteiger partial charge in [0.2, 0.25) is 5.91 Å². The number of ether oxygens (including phenoxy) is 1. The molecule has 6 heteroatoms. The fourth-order valence-electron chi connectivity index (χ4n) is 3.74. The van der Waals surface area contributed by atoms with Gasteiger partial charge < -0.3 is 15.0 Å². The van der Waals surface area contributed by atoms with E-state index in [2.05, 4.69) is 15.2 Å². The molecule has 1 fully saturated rings. The minimum Gasteiger partial charge on any atom is -0.495 e. The first kappa shape index (κ1) is 17.5. The second-order valence-corrected chi connectivity index (χ2v) is 6.83. The molecule has 1 saturated heterocycles. The molecule has 0 radical (unpaired) electrons. The van der Waals surface area contributed by atoms with Crippen LogP contribution in [0.1, 0.15) is 31.1 Å². The number of aromatic nitrogens is 2. The lowest BCUT2D eigenvalue weighted by Crippen LogP contribution is -2.28. The molecule has 2 heterocycles. The molecule has 3 aromatic rings. The number of hydrogen-bond acceptors (Lipinski definition) is 4. The third kappa shape index (κ3) is 3.80. The highest BCUT2D eigenvalue weighted by Gasteiger charge is 2.28. The van der Waals surface area contributed by atoms with E-state index in [0.29, 0.717) is 24.4 Å². The number of imidazole rings is 1. The van der Waals surface area contributed by atoms with E-state index >= 15 is 0 Å². The summed E-state index contributed by atoms with van der Waals surface area (Å²) in [6.07, 6.45) is 2.62. The van der Waals surface area contributed by atoms with Gasteiger partial charge in [0.25, 0.3) is 0 Å². The number of hydrogen-bond donors (Lipinski definition) is 2. The van der Waals surface area contributed by atoms with E-state index < -0.39 is 0 Å². The van der Waals surface area contributed by atoms with Crippen LogP contribution in [-0.2, 0) is 4.79 Å². The highest BCUT2D eigenvalue weighted by Crippen LogP contribution is 2.31. The zero-order chi connectivity index (χ0) is 18.6. The summed E-state index contributed by atoms with van der Waals surface area (Å²) >= 11 is 0. The van der Waals surface area contributed by atoms with Crippen LogP contribution >= 0.6 is 0 Å². The Hall–Kier alpha value is -2.86. The third-order valence-corrected chi connectivity index (χ3v) is 5.09. The quantitative estimate of drug-likeness (QED) is 0.699. The predicted molar refractivity (Wildman–Crippen MR) is 106 cm³/mol. The number of nitrogens with zero attached hydrogens (tertiary/aromatic N) is 2. The van der Waals surface area contributed by atoms with Crippen molar-refractivity contribution in [3.63, 3.8) is 0 Å². The molecular formula is C21H24N4O2. The molecule has 27 heavy (non-hydrogen) atoms. The maximum absolute atomic E-state index is 12.4. The molecular weight excluding hydrogens is 340 g/mol. The van der Waals surface area contributed by atoms with Crippen LogP contribution in [0.2, 0.25) is 0 Å². The molecule has 140 valence electrons. The molecule has 0 bridgehead atoms. The van der Waals surface area contributed by atoms with Crippen LogP contribution in [0.4, 0.5) is 5.69 Å². The highest BCUT2D eigenvalue weighted by molar-refractivity contribution is 5.92. The first-order chi connectivity index (χ1) is 13.2. The molecule has 1 amide bonds. The van der Waals surface area contributed by atoms with Gasteiger partial charge in [0.1, 0.15) is 11.6 Å². The van der Waals surface area contributed by atoms with Crippen LogP contribution in [0.25, 0.3) is 11.0 Å². The topological polar surface area (TPSA) is 70.2 Å². The summed E-state index contributed by atoms with van der Waals surface area (Å²) in [5.74, 6) is 1.67. The number of fused-ring (bicyclic) bond motifs is 1. The van der Waals surface area contributed by atoms with Crippen molar-refractivity contribution in [3.05, 3.63) is 54.4 Å². The normalized spacial score (nSPS) is 17.3. The van der Waals surface area contributed by atoms with E-state index in [4.69, 9.17) is 9.72 Å². The summed E-state index contributed by atoms with van der Waals surface area (Å²) in [6, 6.07) is 15.8. The van der Waals surface area contributed by atoms with Gasteiger partial charge in [0, 0.05) is 13.0 Å². The van der Waals surface area contributed by atoms with Gasteiger partial charge in [-0.3, -0.25) is 9.69 Å². The van der Waals surface area contributed by atoms with Gasteiger partial charge in [0.05, 0.1) is 29.9 Å². The molecule has 2 aromatic carbocycles. The van der Waals surface area contributed by atoms with Crippen molar-refractivity contribution in [3.8, 4) is 5.75 Å². The fourth-order valence-corrected chi connectivity index (χ4v) is 3.74. The van der Waals surface area contributed by atoms with Crippen molar-refractivity contribution in [1.82, 2.24) is 14.9 Å². The molecule has 1 atom stereocenters. The summed E-state index contributed by atoms with van der Waals surface area (Å²) in [7, 11) is 1.60. The zero-order valence-corrected chi connectivity index (χ0v) is 15.4. The number of para-hydroxylation sites is 4. The molecule has 4 rings (SSSR count). The smallest absolute Gasteiger partial charge is 0.225 e. The maximum Gasteiger partial charge on any atom is 0.225 e. The van der Waals surface area contributed by atoms with Crippen molar-refractivity contribution in [1.29, 1.82) is 0 Å². The van der Waals surface area contributed by atoms with Gasteiger partial charge in [0.15, 0.2) is 0 Å². The Bertz CT molecular complexity index is 904. The molecule has 1 aliphatic rings. The minimum absolute atomic E-state index is 0.00486. The number of amides is 1. The lowest BCUT2D eigenvalue weighted by atomic mass is 10.2. The van der Waals surface area contributed by atoms with Crippen LogP contribution < -0.4 is 10.1 Å². The van der Waals surface area contributed by atoms with E-state index in [1.54, 1.807) is 7.11 Å². The molecule has 1 aliphatic heterocycles. The molecule has 0 aliphatic carbocycles. The number of carbonyl (C=O) groups is 1. The SMILES string of the molecule is COc1ccccc1NC(=O)CCN1CCC[C@@H]1c1nc2ccccc2[nH]1. The lowest BCUT2D eigenvalue weighted by Gasteiger charge is -2.22. The lowest BCUT2D eigenvalue weighted by molar-refractivity contribution is -0.116. The van der Waals surface area contributed by atoms with E-state index in [1.807, 2.05) is 48.5 Å². The molecule has 0 saturated carbocycles. The van der Waals surface area contributed by atoms with Gasteiger partial charge in [-0.05, 0) is 43.7 Å². The first-order valence-electron chi connectivity index (χ1n) is 9.36. The van der Waals surface area contributed by atoms with Crippen LogP contribution in [-0.4, -0.2) is 41.0 Å². The Morgan fingerprint density at radius 1 is 1.26 bits per heavy atom. The number of aromatic amines is 1. The second kappa shape index (κ2) is 7.80. The largest absolute Gasteiger partial charge is 0.495 e. The Morgan fingerprint density at radius 2 is 2.07 bits per heavy atom. The number of benzene rings is 2. The molecule has 1 aromatic heterocycles. The van der Waals surface area contributed by atoms with Gasteiger partial charge in [-0.1, -0.05) is 24.3 Å². The van der Waals surface area contributed by atoms with E-state index in [9.17, 15) is 4.79 Å². The zero-order valence-electron chi connectivity index (χ0n) is 15.4. The number of rotatable bonds is 6. The fraction of sp³-hybridized carbons (Fsp3) is 0.333. The number of methoxy groups -OCH3 is 1. The summed E-state index contributed by atoms with van der Waals surface area (Å²) in [5, 5.41) is 2.95. The van der Waals surface area contributed by atoms with E-state index in [0.717, 1.165) is 36.2 Å². The predicted octanol–water partition coefficient (Wildman–Crippen LogP) is 3.74. The van der Waals surface area contributed by atoms with Gasteiger partial charge in [-0.25, -0.2) is 4.98 Å². The third-order valence-electron chi connectivity index (χ3n) is 5.09. The summed E-state index contributed by atoms with van der Waals surface area (Å²) in [5.41, 5.74) is 2.77. The van der Waals surface area contributed by atoms with Crippen molar-refractivity contribution in [2.45, 2.75) is 25.3 Å². The molecule has 0 spiro atoms. The van der Waals surface area contributed by atoms with Crippen molar-refractivity contribution in [2.24, 2.45) is 0 Å². The number of likely N-dealkylation sites (tertiary alicyclic amines) is 1. The van der Waals surface area contributed by atoms with Gasteiger partial charge >= 0.3 is 0 Å². The van der Waals surface area contributed by atoms with Gasteiger partial charge in [-0.2, -0.15) is 0 Å². The Kier molecular flexibility index (Phi) is 5.07. The summed E-state index contributed by atoms with van der Waals surface area (Å²) in [4.78, 5) is 22.9. The van der Waals surface area contributed by atoms with Crippen LogP contribution in [0, 0.1) is 0 Å². The standard InChI is InChI=1S/C21H24N4O2/c1-27-19-11-5-4-9-17(19)22-20(26)12-14-25-13-6-10-18(25)21-23-15-7-2-3-8-16(15)24-21/h2-5,7-9,11,18H,6,10,12-14H2,1H3,(H,22,26)(H,23,24)/t18-/m1/s1. The van der Waals surface area contributed by atoms with E-state index in [-0.39, 0.29) is 11.9 Å². The van der Waals surface area contributed by atoms with E-state index in [1.165, 1.54) is 0 Å². The van der Waals surface area contributed by atoms with Gasteiger partial charge in [-0.15, -0.1) is 0 Å². The maximum atomic E-state index is 12.4. The Labute approximate surface area is 158 Å². The minimum atomic E-state index is -0.00486. The van der Waals surface area contributed by atoms with Crippen molar-refractivity contribution >= 4 is 22.6 Å². The molecule has 0 unspecified atom stereocenters.